The number of nitrogens with zero attached hydrogens (tertiary/aromatic N) is 1. The molecule has 1 atom stereocenters. The predicted octanol–water partition coefficient (Wildman–Crippen LogP) is 5.65. The molecule has 2 aromatic carbocycles. The van der Waals surface area contributed by atoms with Crippen LogP contribution in [0.3, 0.4) is 0 Å². The van der Waals surface area contributed by atoms with Gasteiger partial charge < -0.3 is 23.7 Å². The minimum atomic E-state index is -0.863. The van der Waals surface area contributed by atoms with Gasteiger partial charge in [0.15, 0.2) is 17.3 Å². The minimum Gasteiger partial charge on any atom is -0.493 e. The summed E-state index contributed by atoms with van der Waals surface area (Å²) >= 11 is 0. The van der Waals surface area contributed by atoms with E-state index < -0.39 is 5.79 Å². The Bertz CT molecular complexity index is 956. The van der Waals surface area contributed by atoms with E-state index in [0.29, 0.717) is 36.9 Å². The van der Waals surface area contributed by atoms with Crippen LogP contribution >= 0.6 is 0 Å². The molecule has 1 heterocycles. The van der Waals surface area contributed by atoms with Crippen LogP contribution in [-0.2, 0) is 20.8 Å². The molecule has 1 saturated carbocycles. The molecule has 0 amide bonds. The number of hydrogen-bond acceptors (Lipinski definition) is 6. The van der Waals surface area contributed by atoms with E-state index in [9.17, 15) is 0 Å². The Morgan fingerprint density at radius 1 is 0.971 bits per heavy atom. The van der Waals surface area contributed by atoms with E-state index in [1.54, 1.807) is 21.3 Å². The Labute approximate surface area is 210 Å². The molecule has 0 radical (unpaired) electrons. The smallest absolute Gasteiger partial charge is 0.203 e. The second-order valence-electron chi connectivity index (χ2n) is 9.94. The maximum absolute atomic E-state index is 6.37. The van der Waals surface area contributed by atoms with Crippen molar-refractivity contribution >= 4 is 0 Å². The Morgan fingerprint density at radius 2 is 1.57 bits per heavy atom. The van der Waals surface area contributed by atoms with E-state index in [1.165, 1.54) is 24.0 Å². The van der Waals surface area contributed by atoms with Crippen molar-refractivity contribution < 1.29 is 23.7 Å². The number of hydrogen-bond donors (Lipinski definition) is 0. The molecular weight excluding hydrogens is 442 g/mol. The van der Waals surface area contributed by atoms with Crippen LogP contribution in [0.1, 0.15) is 55.7 Å². The van der Waals surface area contributed by atoms with Crippen LogP contribution in [0.4, 0.5) is 0 Å². The second kappa shape index (κ2) is 10.8. The van der Waals surface area contributed by atoms with Crippen molar-refractivity contribution in [2.24, 2.45) is 5.92 Å². The van der Waals surface area contributed by atoms with Gasteiger partial charge in [-0.25, -0.2) is 0 Å². The van der Waals surface area contributed by atoms with Crippen molar-refractivity contribution in [3.63, 3.8) is 0 Å². The summed E-state index contributed by atoms with van der Waals surface area (Å²) in [5.74, 6) is 1.72. The van der Waals surface area contributed by atoms with Crippen molar-refractivity contribution in [2.45, 2.75) is 57.3 Å². The molecule has 0 spiro atoms. The lowest BCUT2D eigenvalue weighted by Crippen LogP contribution is -2.46. The minimum absolute atomic E-state index is 0.112. The molecule has 4 rings (SSSR count). The van der Waals surface area contributed by atoms with E-state index in [0.717, 1.165) is 30.9 Å². The van der Waals surface area contributed by atoms with Gasteiger partial charge in [0.05, 0.1) is 34.5 Å². The molecular formula is C29H41NO5. The van der Waals surface area contributed by atoms with Crippen LogP contribution in [0.5, 0.6) is 17.2 Å². The average Bonchev–Trinajstić information content (AvgIpc) is 3.57. The van der Waals surface area contributed by atoms with Crippen molar-refractivity contribution in [1.29, 1.82) is 0 Å². The van der Waals surface area contributed by atoms with Gasteiger partial charge in [-0.3, -0.25) is 4.90 Å². The highest BCUT2D eigenvalue weighted by atomic mass is 16.7. The van der Waals surface area contributed by atoms with Gasteiger partial charge in [-0.15, -0.1) is 0 Å². The van der Waals surface area contributed by atoms with Crippen LogP contribution in [0.2, 0.25) is 0 Å². The Morgan fingerprint density at radius 3 is 2.06 bits per heavy atom. The monoisotopic (exact) mass is 483 g/mol. The third-order valence-corrected chi connectivity index (χ3v) is 7.86. The number of aryl methyl sites for hydroxylation is 1. The topological polar surface area (TPSA) is 49.4 Å². The van der Waals surface area contributed by atoms with Crippen LogP contribution in [0, 0.1) is 12.8 Å². The number of rotatable bonds is 12. The third kappa shape index (κ3) is 5.16. The lowest BCUT2D eigenvalue weighted by Gasteiger charge is -2.44. The number of methoxy groups -OCH3 is 3. The standard InChI is InChI=1S/C29H41NO5/c1-7-28(30(3)20-22-10-11-22,23-12-8-21(2)9-13-23)14-15-29(34-16-17-35-29)24-18-25(31-4)27(33-6)26(19-24)32-5/h8-9,12-13,18-19,22H,7,10-11,14-17,20H2,1-6H3. The summed E-state index contributed by atoms with van der Waals surface area (Å²) in [5, 5.41) is 0. The van der Waals surface area contributed by atoms with E-state index >= 15 is 0 Å². The third-order valence-electron chi connectivity index (χ3n) is 7.86. The summed E-state index contributed by atoms with van der Waals surface area (Å²) in [7, 11) is 7.17. The summed E-state index contributed by atoms with van der Waals surface area (Å²) in [6.07, 6.45) is 5.28. The molecule has 1 aliphatic carbocycles. The van der Waals surface area contributed by atoms with Gasteiger partial charge in [0.2, 0.25) is 5.75 Å². The van der Waals surface area contributed by atoms with Crippen molar-refractivity contribution in [3.8, 4) is 17.2 Å². The van der Waals surface area contributed by atoms with Gasteiger partial charge in [-0.2, -0.15) is 0 Å². The molecule has 2 aromatic rings. The molecule has 0 bridgehead atoms. The molecule has 192 valence electrons. The summed E-state index contributed by atoms with van der Waals surface area (Å²) in [6, 6.07) is 13.0. The van der Waals surface area contributed by atoms with Crippen molar-refractivity contribution in [3.05, 3.63) is 53.1 Å². The van der Waals surface area contributed by atoms with Gasteiger partial charge >= 0.3 is 0 Å². The average molecular weight is 484 g/mol. The van der Waals surface area contributed by atoms with E-state index in [4.69, 9.17) is 23.7 Å². The fraction of sp³-hybridized carbons (Fsp3) is 0.586. The van der Waals surface area contributed by atoms with Gasteiger partial charge in [0, 0.05) is 24.1 Å². The maximum atomic E-state index is 6.37. The lowest BCUT2D eigenvalue weighted by molar-refractivity contribution is -0.177. The normalized spacial score (nSPS) is 18.9. The Kier molecular flexibility index (Phi) is 7.94. The number of ether oxygens (including phenoxy) is 5. The quantitative estimate of drug-likeness (QED) is 0.389. The summed E-state index contributed by atoms with van der Waals surface area (Å²) in [5.41, 5.74) is 3.41. The van der Waals surface area contributed by atoms with Crippen LogP contribution in [0.15, 0.2) is 36.4 Å². The summed E-state index contributed by atoms with van der Waals surface area (Å²) in [4.78, 5) is 2.58. The SMILES string of the molecule is CCC(CCC1(c2cc(OC)c(OC)c(OC)c2)OCCO1)(c1ccc(C)cc1)N(C)CC1CC1. The molecule has 2 aliphatic rings. The molecule has 6 heteroatoms. The van der Waals surface area contributed by atoms with E-state index in [2.05, 4.69) is 50.1 Å². The maximum Gasteiger partial charge on any atom is 0.203 e. The second-order valence-corrected chi connectivity index (χ2v) is 9.94. The summed E-state index contributed by atoms with van der Waals surface area (Å²) in [6.45, 7) is 6.66. The van der Waals surface area contributed by atoms with Crippen molar-refractivity contribution in [2.75, 3.05) is 48.1 Å². The zero-order valence-electron chi connectivity index (χ0n) is 22.2. The highest BCUT2D eigenvalue weighted by molar-refractivity contribution is 5.54. The first-order chi connectivity index (χ1) is 16.9. The molecule has 6 nitrogen and oxygen atoms in total. The Hall–Kier alpha value is -2.28. The zero-order valence-corrected chi connectivity index (χ0v) is 22.2. The first-order valence-corrected chi connectivity index (χ1v) is 12.8. The fourth-order valence-corrected chi connectivity index (χ4v) is 5.52. The summed E-state index contributed by atoms with van der Waals surface area (Å²) < 4.78 is 29.6. The molecule has 1 saturated heterocycles. The van der Waals surface area contributed by atoms with Crippen molar-refractivity contribution in [1.82, 2.24) is 4.90 Å². The molecule has 0 N–H and O–H groups in total. The highest BCUT2D eigenvalue weighted by Crippen LogP contribution is 2.48. The first kappa shape index (κ1) is 25.8. The van der Waals surface area contributed by atoms with Gasteiger partial charge in [0.1, 0.15) is 0 Å². The van der Waals surface area contributed by atoms with E-state index in [1.807, 2.05) is 12.1 Å². The fourth-order valence-electron chi connectivity index (χ4n) is 5.52. The Balaban J connectivity index is 1.71. The number of benzene rings is 2. The molecule has 0 aromatic heterocycles. The molecule has 35 heavy (non-hydrogen) atoms. The van der Waals surface area contributed by atoms with Gasteiger partial charge in [-0.05, 0) is 63.3 Å². The van der Waals surface area contributed by atoms with Gasteiger partial charge in [-0.1, -0.05) is 36.8 Å². The van der Waals surface area contributed by atoms with Crippen LogP contribution in [-0.4, -0.2) is 53.0 Å². The van der Waals surface area contributed by atoms with E-state index in [-0.39, 0.29) is 5.54 Å². The van der Waals surface area contributed by atoms with Gasteiger partial charge in [0.25, 0.3) is 0 Å². The largest absolute Gasteiger partial charge is 0.493 e. The zero-order chi connectivity index (χ0) is 25.1. The predicted molar refractivity (Wildman–Crippen MR) is 137 cm³/mol. The molecule has 2 fully saturated rings. The van der Waals surface area contributed by atoms with Crippen LogP contribution < -0.4 is 14.2 Å². The lowest BCUT2D eigenvalue weighted by atomic mass is 9.79. The highest BCUT2D eigenvalue weighted by Gasteiger charge is 2.45. The molecule has 1 unspecified atom stereocenters. The first-order valence-electron chi connectivity index (χ1n) is 12.8. The van der Waals surface area contributed by atoms with Crippen LogP contribution in [0.25, 0.3) is 0 Å². The molecule has 1 aliphatic heterocycles.